The Kier molecular flexibility index (Phi) is 24.2. The summed E-state index contributed by atoms with van der Waals surface area (Å²) < 4.78 is 41.7. The van der Waals surface area contributed by atoms with E-state index >= 15 is 0 Å². The first-order valence-corrected chi connectivity index (χ1v) is 29.4. The number of anilines is 9. The largest absolute Gasteiger partial charge is 0.481 e. The minimum absolute atomic E-state index is 0.0701. The highest BCUT2D eigenvalue weighted by Crippen LogP contribution is 2.24. The van der Waals surface area contributed by atoms with Gasteiger partial charge in [-0.2, -0.15) is 0 Å². The van der Waals surface area contributed by atoms with Crippen LogP contribution in [-0.4, -0.2) is 96.6 Å². The molecular formula is C67H63F2N11O11S. The van der Waals surface area contributed by atoms with Gasteiger partial charge in [-0.25, -0.2) is 42.5 Å². The summed E-state index contributed by atoms with van der Waals surface area (Å²) >= 11 is 1.51. The Hall–Kier alpha value is -11.7. The molecular weight excluding hydrogens is 1200 g/mol. The van der Waals surface area contributed by atoms with E-state index in [-0.39, 0.29) is 42.1 Å². The normalized spacial score (nSPS) is 11.3. The SMILES string of the molecule is CCOC(=O)c1ccc(NC(=O)Nc2ccc(CC(=O)O)cc2)cc1.CCOC(=O)c1ccc(NC(=O)Nc2ccc3[nH]ccc3c2)cc1.O=C(Nc1ccc(F)cc1)Nc1ccc(N2CCOCC2)cc1.O=C(Nc1ccc(F)cc1)Nc1ccc2ncsc2c1. The van der Waals surface area contributed by atoms with Gasteiger partial charge < -0.3 is 71.7 Å². The standard InChI is InChI=1S/C18H17N3O3.C18H18N2O5.C17H18FN3O2.C14H10FN3OS/c1-2-24-17(22)12-3-5-14(6-4-12)20-18(23)21-15-7-8-16-13(11-15)9-10-19-16;1-2-25-17(23)13-5-9-15(10-6-13)20-18(24)19-14-7-3-12(4-8-14)11-16(21)22;18-13-1-3-14(4-2-13)19-17(22)20-15-5-7-16(8-6-15)21-9-11-23-12-10-21;15-9-1-3-10(4-2-9)17-14(19)18-11-5-6-12-13(7-11)20-8-16-12/h3-11,19H,2H2,1H3,(H2,20,21,23);3-10H,2,11H2,1H3,(H,21,22)(H2,19,20,24);1-8H,9-12H2,(H2,19,20,22);1-8H,(H2,17,18,19). The lowest BCUT2D eigenvalue weighted by Crippen LogP contribution is -2.36. The summed E-state index contributed by atoms with van der Waals surface area (Å²) in [5, 5.41) is 31.3. The quantitative estimate of drug-likeness (QED) is 0.0428. The van der Waals surface area contributed by atoms with Gasteiger partial charge in [0.05, 0.1) is 59.7 Å². The van der Waals surface area contributed by atoms with Gasteiger partial charge in [-0.3, -0.25) is 4.79 Å². The number of thiazole rings is 1. The summed E-state index contributed by atoms with van der Waals surface area (Å²) in [4.78, 5) is 91.0. The number of aromatic amines is 1. The number of nitrogens with one attached hydrogen (secondary N) is 9. The summed E-state index contributed by atoms with van der Waals surface area (Å²) in [6.07, 6.45) is 1.78. The van der Waals surface area contributed by atoms with Crippen molar-refractivity contribution in [3.8, 4) is 0 Å². The second-order valence-corrected chi connectivity index (χ2v) is 20.5. The minimum atomic E-state index is -0.912. The molecule has 0 radical (unpaired) electrons. The van der Waals surface area contributed by atoms with Crippen LogP contribution < -0.4 is 47.4 Å². The van der Waals surface area contributed by atoms with Crippen molar-refractivity contribution in [2.24, 2.45) is 0 Å². The fourth-order valence-electron chi connectivity index (χ4n) is 8.57. The third kappa shape index (κ3) is 21.3. The number of esters is 2. The van der Waals surface area contributed by atoms with Crippen LogP contribution in [0.25, 0.3) is 21.1 Å². The number of benzene rings is 8. The maximum atomic E-state index is 12.8. The number of carboxylic acid groups (broad SMARTS) is 1. The maximum absolute atomic E-state index is 12.8. The number of morpholine rings is 1. The van der Waals surface area contributed by atoms with Crippen molar-refractivity contribution in [1.82, 2.24) is 9.97 Å². The van der Waals surface area contributed by atoms with Gasteiger partial charge in [-0.05, 0) is 195 Å². The third-order valence-electron chi connectivity index (χ3n) is 13.0. The van der Waals surface area contributed by atoms with Crippen molar-refractivity contribution in [1.29, 1.82) is 0 Å². The van der Waals surface area contributed by atoms with Crippen molar-refractivity contribution in [2.45, 2.75) is 20.3 Å². The van der Waals surface area contributed by atoms with E-state index in [1.54, 1.807) is 98.2 Å². The first-order valence-electron chi connectivity index (χ1n) is 28.6. The molecule has 0 saturated carbocycles. The van der Waals surface area contributed by atoms with E-state index in [0.29, 0.717) is 75.4 Å². The molecule has 0 aliphatic carbocycles. The molecule has 0 spiro atoms. The second kappa shape index (κ2) is 33.6. The van der Waals surface area contributed by atoms with E-state index in [4.69, 9.17) is 19.3 Å². The molecule has 10 N–H and O–H groups in total. The van der Waals surface area contributed by atoms with Gasteiger partial charge in [0, 0.05) is 81.4 Å². The highest BCUT2D eigenvalue weighted by molar-refractivity contribution is 7.16. The molecule has 2 aromatic heterocycles. The molecule has 25 heteroatoms. The number of hydrogen-bond acceptors (Lipinski definition) is 13. The monoisotopic (exact) mass is 1270 g/mol. The summed E-state index contributed by atoms with van der Waals surface area (Å²) in [6, 6.07) is 49.7. The van der Waals surface area contributed by atoms with E-state index in [0.717, 1.165) is 53.1 Å². The van der Waals surface area contributed by atoms with E-state index < -0.39 is 18.0 Å². The van der Waals surface area contributed by atoms with Crippen LogP contribution >= 0.6 is 11.3 Å². The number of rotatable bonds is 15. The Morgan fingerprint density at radius 3 is 1.35 bits per heavy atom. The number of ether oxygens (including phenoxy) is 3. The number of carbonyl (C=O) groups is 7. The summed E-state index contributed by atoms with van der Waals surface area (Å²) in [7, 11) is 0. The molecule has 1 fully saturated rings. The van der Waals surface area contributed by atoms with Gasteiger partial charge >= 0.3 is 42.0 Å². The van der Waals surface area contributed by atoms with Crippen LogP contribution in [0.2, 0.25) is 0 Å². The molecule has 22 nitrogen and oxygen atoms in total. The summed E-state index contributed by atoms with van der Waals surface area (Å²) in [5.41, 5.74) is 11.1. The van der Waals surface area contributed by atoms with E-state index in [2.05, 4.69) is 57.4 Å². The van der Waals surface area contributed by atoms with Gasteiger partial charge in [0.1, 0.15) is 11.6 Å². The number of aliphatic carboxylic acids is 1. The van der Waals surface area contributed by atoms with Crippen LogP contribution in [0.3, 0.4) is 0 Å². The van der Waals surface area contributed by atoms with E-state index in [1.165, 1.54) is 59.9 Å². The van der Waals surface area contributed by atoms with Crippen molar-refractivity contribution >= 4 is 126 Å². The van der Waals surface area contributed by atoms with E-state index in [1.807, 2.05) is 66.9 Å². The van der Waals surface area contributed by atoms with Crippen LogP contribution in [0.1, 0.15) is 40.1 Å². The number of nitrogens with zero attached hydrogens (tertiary/aromatic N) is 2. The molecule has 1 aliphatic rings. The minimum Gasteiger partial charge on any atom is -0.481 e. The third-order valence-corrected chi connectivity index (χ3v) is 13.8. The van der Waals surface area contributed by atoms with Crippen LogP contribution in [0.15, 0.2) is 200 Å². The second-order valence-electron chi connectivity index (χ2n) is 19.7. The average molecular weight is 1270 g/mol. The molecule has 0 atom stereocenters. The van der Waals surface area contributed by atoms with Crippen LogP contribution in [0.5, 0.6) is 0 Å². The lowest BCUT2D eigenvalue weighted by molar-refractivity contribution is -0.136. The van der Waals surface area contributed by atoms with Crippen molar-refractivity contribution in [3.63, 3.8) is 0 Å². The topological polar surface area (TPSA) is 296 Å². The van der Waals surface area contributed by atoms with Crippen molar-refractivity contribution in [3.05, 3.63) is 228 Å². The van der Waals surface area contributed by atoms with Crippen molar-refractivity contribution in [2.75, 3.05) is 87.0 Å². The molecule has 11 rings (SSSR count). The van der Waals surface area contributed by atoms with Gasteiger partial charge in [0.25, 0.3) is 0 Å². The smallest absolute Gasteiger partial charge is 0.338 e. The number of hydrogen-bond donors (Lipinski definition) is 10. The number of H-pyrrole nitrogens is 1. The zero-order chi connectivity index (χ0) is 65.2. The van der Waals surface area contributed by atoms with Crippen molar-refractivity contribution < 1.29 is 61.7 Å². The molecule has 1 aliphatic heterocycles. The van der Waals surface area contributed by atoms with Crippen LogP contribution in [0, 0.1) is 11.6 Å². The van der Waals surface area contributed by atoms with Crippen LogP contribution in [-0.2, 0) is 25.4 Å². The predicted molar refractivity (Wildman–Crippen MR) is 353 cm³/mol. The number of carbonyl (C=O) groups excluding carboxylic acids is 6. The molecule has 92 heavy (non-hydrogen) atoms. The first-order chi connectivity index (χ1) is 44.5. The molecule has 1 saturated heterocycles. The molecule has 472 valence electrons. The lowest BCUT2D eigenvalue weighted by Gasteiger charge is -2.28. The summed E-state index contributed by atoms with van der Waals surface area (Å²) in [5.74, 6) is -2.39. The number of carboxylic acids is 1. The highest BCUT2D eigenvalue weighted by atomic mass is 32.1. The molecule has 10 aromatic rings. The Bertz CT molecular complexity index is 4100. The van der Waals surface area contributed by atoms with Crippen LogP contribution in [0.4, 0.5) is 79.1 Å². The van der Waals surface area contributed by atoms with E-state index in [9.17, 15) is 42.3 Å². The Morgan fingerprint density at radius 2 is 0.902 bits per heavy atom. The number of amides is 8. The number of halogens is 2. The number of aromatic nitrogens is 2. The predicted octanol–water partition coefficient (Wildman–Crippen LogP) is 14.5. The summed E-state index contributed by atoms with van der Waals surface area (Å²) in [6.45, 7) is 7.32. The Labute approximate surface area is 530 Å². The van der Waals surface area contributed by atoms with Gasteiger partial charge in [-0.15, -0.1) is 11.3 Å². The van der Waals surface area contributed by atoms with Gasteiger partial charge in [-0.1, -0.05) is 12.1 Å². The Morgan fingerprint density at radius 1 is 0.511 bits per heavy atom. The number of urea groups is 4. The lowest BCUT2D eigenvalue weighted by atomic mass is 10.1. The maximum Gasteiger partial charge on any atom is 0.338 e. The van der Waals surface area contributed by atoms with Gasteiger partial charge in [0.2, 0.25) is 0 Å². The zero-order valence-electron chi connectivity index (χ0n) is 49.6. The zero-order valence-corrected chi connectivity index (χ0v) is 50.4. The number of fused-ring (bicyclic) bond motifs is 2. The fourth-order valence-corrected chi connectivity index (χ4v) is 9.29. The average Bonchev–Trinajstić information content (AvgIpc) is 3.68. The first kappa shape index (κ1) is 66.3. The molecule has 0 bridgehead atoms. The Balaban J connectivity index is 0.000000158. The van der Waals surface area contributed by atoms with Gasteiger partial charge in [0.15, 0.2) is 0 Å². The molecule has 8 aromatic carbocycles. The molecule has 8 amide bonds. The fraction of sp³-hybridized carbons (Fsp3) is 0.134. The molecule has 3 heterocycles. The highest BCUT2D eigenvalue weighted by Gasteiger charge is 2.14. The molecule has 0 unspecified atom stereocenters.